The Balaban J connectivity index is 1.42. The van der Waals surface area contributed by atoms with Gasteiger partial charge in [-0.15, -0.1) is 0 Å². The Morgan fingerprint density at radius 1 is 1.11 bits per heavy atom. The van der Waals surface area contributed by atoms with Crippen LogP contribution < -0.4 is 0 Å². The highest BCUT2D eigenvalue weighted by Gasteiger charge is 2.41. The average molecular weight is 390 g/mol. The van der Waals surface area contributed by atoms with E-state index >= 15 is 0 Å². The van der Waals surface area contributed by atoms with Crippen LogP contribution >= 0.6 is 0 Å². The van der Waals surface area contributed by atoms with Crippen molar-refractivity contribution in [3.63, 3.8) is 0 Å². The van der Waals surface area contributed by atoms with Gasteiger partial charge < -0.3 is 14.5 Å². The number of likely N-dealkylation sites (tertiary alicyclic amines) is 2. The summed E-state index contributed by atoms with van der Waals surface area (Å²) in [5, 5.41) is 4.33. The van der Waals surface area contributed by atoms with Crippen molar-refractivity contribution in [3.8, 4) is 0 Å². The van der Waals surface area contributed by atoms with Crippen LogP contribution in [0, 0.1) is 19.8 Å². The maximum absolute atomic E-state index is 13.1. The van der Waals surface area contributed by atoms with Crippen molar-refractivity contribution in [3.05, 3.63) is 11.6 Å². The van der Waals surface area contributed by atoms with Crippen LogP contribution in [-0.4, -0.2) is 74.8 Å². The van der Waals surface area contributed by atoms with E-state index in [9.17, 15) is 9.59 Å². The molecule has 0 bridgehead atoms. The maximum atomic E-state index is 13.1. The molecule has 0 saturated carbocycles. The fourth-order valence-corrected chi connectivity index (χ4v) is 4.92. The highest BCUT2D eigenvalue weighted by Crippen LogP contribution is 2.31. The summed E-state index contributed by atoms with van der Waals surface area (Å²) in [5.41, 5.74) is 0. The Kier molecular flexibility index (Phi) is 5.66. The molecule has 1 aromatic heterocycles. The van der Waals surface area contributed by atoms with Crippen molar-refractivity contribution in [1.29, 1.82) is 0 Å². The van der Waals surface area contributed by atoms with Crippen molar-refractivity contribution < 1.29 is 14.3 Å². The van der Waals surface area contributed by atoms with Gasteiger partial charge in [0.15, 0.2) is 0 Å². The molecule has 3 saturated heterocycles. The zero-order chi connectivity index (χ0) is 19.7. The Hall–Kier alpha value is -1.96. The molecular weight excluding hydrogens is 358 g/mol. The Morgan fingerprint density at radius 2 is 1.96 bits per heavy atom. The number of rotatable bonds is 4. The average Bonchev–Trinajstić information content (AvgIpc) is 3.34. The van der Waals surface area contributed by atoms with E-state index in [1.165, 1.54) is 0 Å². The summed E-state index contributed by atoms with van der Waals surface area (Å²) in [6.07, 6.45) is 5.80. The minimum Gasteiger partial charge on any atom is -0.378 e. The van der Waals surface area contributed by atoms with Gasteiger partial charge in [0.1, 0.15) is 18.2 Å². The topological polar surface area (TPSA) is 80.6 Å². The van der Waals surface area contributed by atoms with Gasteiger partial charge in [0, 0.05) is 26.2 Å². The SMILES string of the molecule is Cc1nc(C)n(CC(=O)N2CCCC[C@H]3CN(C(=O)C[C@@H]4CCCO4)C[C@H]32)n1. The summed E-state index contributed by atoms with van der Waals surface area (Å²) in [4.78, 5) is 34.1. The summed E-state index contributed by atoms with van der Waals surface area (Å²) >= 11 is 0. The normalized spacial score (nSPS) is 27.7. The van der Waals surface area contributed by atoms with E-state index in [2.05, 4.69) is 10.1 Å². The molecule has 0 spiro atoms. The molecule has 3 atom stereocenters. The lowest BCUT2D eigenvalue weighted by molar-refractivity contribution is -0.136. The van der Waals surface area contributed by atoms with Crippen molar-refractivity contribution >= 4 is 11.8 Å². The van der Waals surface area contributed by atoms with Gasteiger partial charge in [-0.25, -0.2) is 9.67 Å². The first-order valence-corrected chi connectivity index (χ1v) is 10.6. The third-order valence-electron chi connectivity index (χ3n) is 6.38. The molecule has 3 aliphatic rings. The summed E-state index contributed by atoms with van der Waals surface area (Å²) in [6, 6.07) is 0.119. The first-order valence-electron chi connectivity index (χ1n) is 10.6. The number of amides is 2. The minimum absolute atomic E-state index is 0.0779. The molecule has 4 heterocycles. The Labute approximate surface area is 166 Å². The molecular formula is C20H31N5O3. The van der Waals surface area contributed by atoms with Crippen LogP contribution in [0.25, 0.3) is 0 Å². The molecule has 154 valence electrons. The van der Waals surface area contributed by atoms with Crippen molar-refractivity contribution in [1.82, 2.24) is 24.6 Å². The van der Waals surface area contributed by atoms with E-state index in [1.54, 1.807) is 4.68 Å². The van der Waals surface area contributed by atoms with Gasteiger partial charge in [0.25, 0.3) is 0 Å². The predicted molar refractivity (Wildman–Crippen MR) is 103 cm³/mol. The Bertz CT molecular complexity index is 727. The standard InChI is InChI=1S/C20H31N5O3/c1-14-21-15(2)25(22-14)13-20(27)24-8-4-3-6-16-11-23(12-18(16)24)19(26)10-17-7-5-9-28-17/h16-18H,3-13H2,1-2H3/t16-,17-,18+/m0/s1. The third kappa shape index (κ3) is 4.06. The van der Waals surface area contributed by atoms with Crippen LogP contribution in [0.4, 0.5) is 0 Å². The number of ether oxygens (including phenoxy) is 1. The number of carbonyl (C=O) groups excluding carboxylic acids is 2. The molecule has 1 aromatic rings. The number of aromatic nitrogens is 3. The van der Waals surface area contributed by atoms with Gasteiger partial charge >= 0.3 is 0 Å². The van der Waals surface area contributed by atoms with E-state index in [-0.39, 0.29) is 30.5 Å². The second kappa shape index (κ2) is 8.19. The summed E-state index contributed by atoms with van der Waals surface area (Å²) in [5.74, 6) is 2.08. The van der Waals surface area contributed by atoms with Crippen LogP contribution in [-0.2, 0) is 20.9 Å². The molecule has 3 aliphatic heterocycles. The monoisotopic (exact) mass is 389 g/mol. The molecule has 4 rings (SSSR count). The molecule has 0 unspecified atom stereocenters. The summed E-state index contributed by atoms with van der Waals surface area (Å²) < 4.78 is 7.32. The van der Waals surface area contributed by atoms with Crippen molar-refractivity contribution in [2.24, 2.45) is 5.92 Å². The molecule has 2 amide bonds. The number of nitrogens with zero attached hydrogens (tertiary/aromatic N) is 5. The quantitative estimate of drug-likeness (QED) is 0.776. The minimum atomic E-state index is 0.0779. The highest BCUT2D eigenvalue weighted by molar-refractivity contribution is 5.78. The number of carbonyl (C=O) groups is 2. The molecule has 8 nitrogen and oxygen atoms in total. The van der Waals surface area contributed by atoms with Gasteiger partial charge in [0.2, 0.25) is 11.8 Å². The zero-order valence-electron chi connectivity index (χ0n) is 17.0. The van der Waals surface area contributed by atoms with Gasteiger partial charge in [-0.3, -0.25) is 9.59 Å². The van der Waals surface area contributed by atoms with Gasteiger partial charge in [0.05, 0.1) is 18.6 Å². The van der Waals surface area contributed by atoms with Crippen LogP contribution in [0.2, 0.25) is 0 Å². The van der Waals surface area contributed by atoms with E-state index in [1.807, 2.05) is 23.6 Å². The fraction of sp³-hybridized carbons (Fsp3) is 0.800. The number of hydrogen-bond donors (Lipinski definition) is 0. The lowest BCUT2D eigenvalue weighted by Gasteiger charge is -2.30. The predicted octanol–water partition coefficient (Wildman–Crippen LogP) is 1.30. The summed E-state index contributed by atoms with van der Waals surface area (Å²) in [6.45, 7) is 6.88. The molecule has 28 heavy (non-hydrogen) atoms. The third-order valence-corrected chi connectivity index (χ3v) is 6.38. The zero-order valence-corrected chi connectivity index (χ0v) is 17.0. The van der Waals surface area contributed by atoms with Crippen LogP contribution in [0.5, 0.6) is 0 Å². The lowest BCUT2D eigenvalue weighted by Crippen LogP contribution is -2.46. The maximum Gasteiger partial charge on any atom is 0.244 e. The van der Waals surface area contributed by atoms with Crippen LogP contribution in [0.3, 0.4) is 0 Å². The lowest BCUT2D eigenvalue weighted by atomic mass is 9.98. The van der Waals surface area contributed by atoms with Crippen molar-refractivity contribution in [2.75, 3.05) is 26.2 Å². The largest absolute Gasteiger partial charge is 0.378 e. The van der Waals surface area contributed by atoms with E-state index in [0.717, 1.165) is 57.6 Å². The van der Waals surface area contributed by atoms with Crippen LogP contribution in [0.15, 0.2) is 0 Å². The number of fused-ring (bicyclic) bond motifs is 1. The van der Waals surface area contributed by atoms with Crippen LogP contribution in [0.1, 0.15) is 50.2 Å². The van der Waals surface area contributed by atoms with E-state index in [0.29, 0.717) is 24.7 Å². The second-order valence-corrected chi connectivity index (χ2v) is 8.41. The van der Waals surface area contributed by atoms with E-state index in [4.69, 9.17) is 4.74 Å². The first kappa shape index (κ1) is 19.4. The van der Waals surface area contributed by atoms with Crippen molar-refractivity contribution in [2.45, 2.75) is 71.1 Å². The second-order valence-electron chi connectivity index (χ2n) is 8.41. The van der Waals surface area contributed by atoms with Gasteiger partial charge in [-0.05, 0) is 45.4 Å². The highest BCUT2D eigenvalue weighted by atomic mass is 16.5. The molecule has 8 heteroatoms. The molecule has 0 radical (unpaired) electrons. The van der Waals surface area contributed by atoms with Gasteiger partial charge in [-0.2, -0.15) is 5.10 Å². The van der Waals surface area contributed by atoms with Gasteiger partial charge in [-0.1, -0.05) is 6.42 Å². The Morgan fingerprint density at radius 3 is 2.68 bits per heavy atom. The summed E-state index contributed by atoms with van der Waals surface area (Å²) in [7, 11) is 0. The molecule has 0 N–H and O–H groups in total. The molecule has 0 aliphatic carbocycles. The molecule has 0 aromatic carbocycles. The number of aryl methyl sites for hydroxylation is 2. The number of hydrogen-bond acceptors (Lipinski definition) is 5. The first-order chi connectivity index (χ1) is 13.5. The molecule has 3 fully saturated rings. The van der Waals surface area contributed by atoms with E-state index < -0.39 is 0 Å². The fourth-order valence-electron chi connectivity index (χ4n) is 4.92. The smallest absolute Gasteiger partial charge is 0.244 e.